The lowest BCUT2D eigenvalue weighted by Gasteiger charge is -2.05. The summed E-state index contributed by atoms with van der Waals surface area (Å²) in [5.41, 5.74) is 3.17. The van der Waals surface area contributed by atoms with Crippen molar-refractivity contribution in [2.45, 2.75) is 25.7 Å². The highest BCUT2D eigenvalue weighted by Gasteiger charge is 1.98. The number of benzene rings is 1. The van der Waals surface area contributed by atoms with Gasteiger partial charge < -0.3 is 4.55 Å². The Kier molecular flexibility index (Phi) is 5.35. The molecule has 1 aromatic heterocycles. The van der Waals surface area contributed by atoms with Gasteiger partial charge in [0.1, 0.15) is 22.9 Å². The van der Waals surface area contributed by atoms with E-state index >= 15 is 0 Å². The maximum Gasteiger partial charge on any atom is 0.196 e. The Balaban J connectivity index is 0.000000204. The Bertz CT molecular complexity index is 680. The van der Waals surface area contributed by atoms with Crippen LogP contribution in [0.4, 0.5) is 0 Å². The molecule has 0 radical (unpaired) electrons. The molecule has 2 aromatic rings. The molecule has 0 atom stereocenters. The summed E-state index contributed by atoms with van der Waals surface area (Å²) < 4.78 is 33.2. The molecule has 0 unspecified atom stereocenters. The molecule has 0 fully saturated rings. The predicted octanol–water partition coefficient (Wildman–Crippen LogP) is 1.42. The Labute approximate surface area is 119 Å². The van der Waals surface area contributed by atoms with Crippen LogP contribution in [0.3, 0.4) is 0 Å². The molecule has 20 heavy (non-hydrogen) atoms. The number of aryl methyl sites for hydroxylation is 4. The zero-order valence-electron chi connectivity index (χ0n) is 12.0. The van der Waals surface area contributed by atoms with Gasteiger partial charge >= 0.3 is 0 Å². The topological polar surface area (TPSA) is 74.0 Å². The van der Waals surface area contributed by atoms with Crippen molar-refractivity contribution >= 4 is 10.1 Å². The minimum atomic E-state index is -4.27. The van der Waals surface area contributed by atoms with Crippen LogP contribution in [0, 0.1) is 20.8 Å². The fourth-order valence-corrected chi connectivity index (χ4v) is 1.88. The molecule has 0 aliphatic rings. The second kappa shape index (κ2) is 6.58. The molecule has 0 spiro atoms. The standard InChI is InChI=1S/C7H11N2.C7H8O3S/c1-6-5-9(3)7(2)4-8-6;1-6-2-4-7(5-3-6)11(8,9)10/h4-5H,1-3H3;2-5H,1H3,(H,8,9,10)/q+1;/p-1. The fraction of sp³-hybridized carbons (Fsp3) is 0.286. The smallest absolute Gasteiger partial charge is 0.196 e. The van der Waals surface area contributed by atoms with E-state index in [0.29, 0.717) is 0 Å². The zero-order valence-corrected chi connectivity index (χ0v) is 12.8. The number of hydrogen-bond acceptors (Lipinski definition) is 4. The number of nitrogens with zero attached hydrogens (tertiary/aromatic N) is 2. The summed E-state index contributed by atoms with van der Waals surface area (Å²) in [6, 6.07) is 5.78. The molecule has 108 valence electrons. The minimum absolute atomic E-state index is 0.178. The first-order valence-electron chi connectivity index (χ1n) is 6.01. The van der Waals surface area contributed by atoms with Gasteiger partial charge in [0.2, 0.25) is 0 Å². The fourth-order valence-electron chi connectivity index (χ4n) is 1.41. The van der Waals surface area contributed by atoms with Crippen LogP contribution in [-0.2, 0) is 17.2 Å². The highest BCUT2D eigenvalue weighted by atomic mass is 32.2. The SMILES string of the molecule is Cc1c[n+](C)c(C)cn1.Cc1ccc(S(=O)(=O)[O-])cc1. The maximum absolute atomic E-state index is 10.4. The number of hydrogen-bond donors (Lipinski definition) is 0. The molecule has 5 nitrogen and oxygen atoms in total. The molecule has 0 saturated heterocycles. The van der Waals surface area contributed by atoms with Crippen molar-refractivity contribution in [3.05, 3.63) is 53.6 Å². The van der Waals surface area contributed by atoms with Gasteiger partial charge in [-0.1, -0.05) is 17.7 Å². The average Bonchev–Trinajstić information content (AvgIpc) is 2.34. The van der Waals surface area contributed by atoms with E-state index in [1.807, 2.05) is 40.2 Å². The van der Waals surface area contributed by atoms with Crippen LogP contribution in [0.15, 0.2) is 41.6 Å². The van der Waals surface area contributed by atoms with Crippen LogP contribution in [0.25, 0.3) is 0 Å². The third-order valence-electron chi connectivity index (χ3n) is 2.70. The number of rotatable bonds is 1. The largest absolute Gasteiger partial charge is 0.744 e. The molecule has 0 N–H and O–H groups in total. The first-order valence-corrected chi connectivity index (χ1v) is 7.42. The maximum atomic E-state index is 10.4. The second-order valence-electron chi connectivity index (χ2n) is 4.55. The quantitative estimate of drug-likeness (QED) is 0.589. The first-order chi connectivity index (χ1) is 9.20. The van der Waals surface area contributed by atoms with Crippen molar-refractivity contribution in [2.24, 2.45) is 7.05 Å². The molecular weight excluding hydrogens is 276 g/mol. The highest BCUT2D eigenvalue weighted by molar-refractivity contribution is 7.85. The summed E-state index contributed by atoms with van der Waals surface area (Å²) in [7, 11) is -2.25. The second-order valence-corrected chi connectivity index (χ2v) is 5.93. The summed E-state index contributed by atoms with van der Waals surface area (Å²) >= 11 is 0. The van der Waals surface area contributed by atoms with Gasteiger partial charge in [-0.15, -0.1) is 0 Å². The summed E-state index contributed by atoms with van der Waals surface area (Å²) in [6.07, 6.45) is 3.88. The Morgan fingerprint density at radius 2 is 1.65 bits per heavy atom. The summed E-state index contributed by atoms with van der Waals surface area (Å²) in [5.74, 6) is 0. The lowest BCUT2D eigenvalue weighted by molar-refractivity contribution is -0.678. The Hall–Kier alpha value is -1.79. The van der Waals surface area contributed by atoms with E-state index < -0.39 is 10.1 Å². The van der Waals surface area contributed by atoms with Crippen molar-refractivity contribution in [2.75, 3.05) is 0 Å². The molecule has 0 aliphatic heterocycles. The zero-order chi connectivity index (χ0) is 15.3. The molecule has 0 aliphatic carbocycles. The Morgan fingerprint density at radius 3 is 2.05 bits per heavy atom. The highest BCUT2D eigenvalue weighted by Crippen LogP contribution is 2.08. The van der Waals surface area contributed by atoms with Crippen molar-refractivity contribution in [1.82, 2.24) is 4.98 Å². The van der Waals surface area contributed by atoms with Crippen molar-refractivity contribution in [3.8, 4) is 0 Å². The molecule has 0 bridgehead atoms. The van der Waals surface area contributed by atoms with E-state index in [1.54, 1.807) is 12.1 Å². The van der Waals surface area contributed by atoms with Gasteiger partial charge in [-0.05, 0) is 26.0 Å². The first kappa shape index (κ1) is 16.3. The van der Waals surface area contributed by atoms with E-state index in [9.17, 15) is 13.0 Å². The lowest BCUT2D eigenvalue weighted by atomic mass is 10.2. The number of aromatic nitrogens is 2. The van der Waals surface area contributed by atoms with Gasteiger partial charge in [0.25, 0.3) is 0 Å². The molecule has 0 amide bonds. The van der Waals surface area contributed by atoms with Crippen molar-refractivity contribution in [3.63, 3.8) is 0 Å². The lowest BCUT2D eigenvalue weighted by Crippen LogP contribution is -2.31. The normalized spacial score (nSPS) is 10.7. The van der Waals surface area contributed by atoms with Crippen LogP contribution in [0.5, 0.6) is 0 Å². The molecule has 6 heteroatoms. The summed E-state index contributed by atoms with van der Waals surface area (Å²) in [5, 5.41) is 0. The van der Waals surface area contributed by atoms with Crippen LogP contribution in [0.2, 0.25) is 0 Å². The van der Waals surface area contributed by atoms with Crippen LogP contribution >= 0.6 is 0 Å². The van der Waals surface area contributed by atoms with E-state index in [-0.39, 0.29) is 4.90 Å². The molecular formula is C14H18N2O3S. The van der Waals surface area contributed by atoms with Gasteiger partial charge in [0.05, 0.1) is 11.1 Å². The van der Waals surface area contributed by atoms with E-state index in [1.165, 1.54) is 17.8 Å². The monoisotopic (exact) mass is 294 g/mol. The van der Waals surface area contributed by atoms with Gasteiger partial charge in [-0.3, -0.25) is 0 Å². The van der Waals surface area contributed by atoms with Gasteiger partial charge in [0.15, 0.2) is 11.9 Å². The minimum Gasteiger partial charge on any atom is -0.744 e. The third kappa shape index (κ3) is 5.07. The third-order valence-corrected chi connectivity index (χ3v) is 3.55. The van der Waals surface area contributed by atoms with Crippen LogP contribution < -0.4 is 4.57 Å². The van der Waals surface area contributed by atoms with E-state index in [0.717, 1.165) is 11.3 Å². The van der Waals surface area contributed by atoms with E-state index in [4.69, 9.17) is 0 Å². The van der Waals surface area contributed by atoms with Gasteiger partial charge in [0, 0.05) is 6.92 Å². The summed E-state index contributed by atoms with van der Waals surface area (Å²) in [6.45, 7) is 5.84. The molecule has 1 aromatic carbocycles. The average molecular weight is 294 g/mol. The van der Waals surface area contributed by atoms with E-state index in [2.05, 4.69) is 9.55 Å². The molecule has 2 rings (SSSR count). The predicted molar refractivity (Wildman–Crippen MR) is 74.0 cm³/mol. The van der Waals surface area contributed by atoms with Gasteiger partial charge in [-0.2, -0.15) is 0 Å². The van der Waals surface area contributed by atoms with Crippen molar-refractivity contribution in [1.29, 1.82) is 0 Å². The molecule has 1 heterocycles. The van der Waals surface area contributed by atoms with Crippen LogP contribution in [0.1, 0.15) is 17.0 Å². The van der Waals surface area contributed by atoms with Gasteiger partial charge in [-0.25, -0.2) is 18.0 Å². The summed E-state index contributed by atoms with van der Waals surface area (Å²) in [4.78, 5) is 3.94. The van der Waals surface area contributed by atoms with Crippen molar-refractivity contribution < 1.29 is 17.5 Å². The Morgan fingerprint density at radius 1 is 1.10 bits per heavy atom. The molecule has 0 saturated carbocycles. The van der Waals surface area contributed by atoms with Crippen LogP contribution in [-0.4, -0.2) is 18.0 Å².